The molecule has 1 unspecified atom stereocenters. The number of anilines is 1. The van der Waals surface area contributed by atoms with Gasteiger partial charge in [0.2, 0.25) is 5.91 Å². The molecule has 0 spiro atoms. The smallest absolute Gasteiger partial charge is 0.343 e. The molecule has 31 heavy (non-hydrogen) atoms. The largest absolute Gasteiger partial charge is 0.493 e. The van der Waals surface area contributed by atoms with E-state index in [4.69, 9.17) is 9.47 Å². The minimum absolute atomic E-state index is 0. The Bertz CT molecular complexity index is 918. The van der Waals surface area contributed by atoms with Gasteiger partial charge in [-0.2, -0.15) is 5.01 Å². The molecule has 1 aliphatic carbocycles. The molecule has 2 fully saturated rings. The van der Waals surface area contributed by atoms with Gasteiger partial charge in [-0.05, 0) is 55.5 Å². The highest BCUT2D eigenvalue weighted by atomic mass is 35.5. The molecule has 2 aliphatic rings. The van der Waals surface area contributed by atoms with Crippen LogP contribution in [-0.4, -0.2) is 42.2 Å². The number of nitrogens with one attached hydrogen (secondary N) is 1. The molecule has 0 aromatic heterocycles. The Labute approximate surface area is 188 Å². The Hall–Kier alpha value is -2.77. The zero-order chi connectivity index (χ0) is 21.1. The second-order valence-electron chi connectivity index (χ2n) is 7.73. The van der Waals surface area contributed by atoms with Crippen LogP contribution in [0.3, 0.4) is 0 Å². The van der Waals surface area contributed by atoms with E-state index in [9.17, 15) is 9.59 Å². The molecular weight excluding hydrogens is 418 g/mol. The molecule has 2 aromatic carbocycles. The van der Waals surface area contributed by atoms with E-state index >= 15 is 0 Å². The minimum atomic E-state index is -0.466. The summed E-state index contributed by atoms with van der Waals surface area (Å²) in [6, 6.07) is 14.1. The average molecular weight is 446 g/mol. The Kier molecular flexibility index (Phi) is 7.41. The lowest BCUT2D eigenvalue weighted by molar-refractivity contribution is -0.131. The fourth-order valence-electron chi connectivity index (χ4n) is 4.17. The molecule has 0 radical (unpaired) electrons. The van der Waals surface area contributed by atoms with E-state index in [-0.39, 0.29) is 36.9 Å². The number of urea groups is 1. The van der Waals surface area contributed by atoms with E-state index in [1.807, 2.05) is 36.4 Å². The maximum atomic E-state index is 12.7. The van der Waals surface area contributed by atoms with Crippen LogP contribution in [0.4, 0.5) is 10.5 Å². The fourth-order valence-corrected chi connectivity index (χ4v) is 4.17. The van der Waals surface area contributed by atoms with Crippen LogP contribution in [-0.2, 0) is 4.79 Å². The van der Waals surface area contributed by atoms with Crippen LogP contribution in [0.1, 0.15) is 43.7 Å². The summed E-state index contributed by atoms with van der Waals surface area (Å²) in [5.74, 6) is 1.12. The van der Waals surface area contributed by atoms with Gasteiger partial charge in [-0.3, -0.25) is 4.79 Å². The van der Waals surface area contributed by atoms with Crippen molar-refractivity contribution in [1.82, 2.24) is 10.0 Å². The zero-order valence-corrected chi connectivity index (χ0v) is 18.6. The highest BCUT2D eigenvalue weighted by Gasteiger charge is 2.40. The van der Waals surface area contributed by atoms with Gasteiger partial charge >= 0.3 is 6.03 Å². The van der Waals surface area contributed by atoms with Crippen molar-refractivity contribution in [2.75, 3.05) is 19.5 Å². The first-order valence-corrected chi connectivity index (χ1v) is 10.3. The average Bonchev–Trinajstić information content (AvgIpc) is 3.36. The lowest BCUT2D eigenvalue weighted by Crippen LogP contribution is -2.44. The summed E-state index contributed by atoms with van der Waals surface area (Å²) in [4.78, 5) is 25.4. The molecular formula is C23H28ClN3O4. The van der Waals surface area contributed by atoms with Gasteiger partial charge in [0.05, 0.1) is 25.7 Å². The van der Waals surface area contributed by atoms with Gasteiger partial charge in [0.15, 0.2) is 11.5 Å². The first-order chi connectivity index (χ1) is 14.6. The van der Waals surface area contributed by atoms with Gasteiger partial charge in [-0.15, -0.1) is 12.4 Å². The number of methoxy groups -OCH3 is 1. The first-order valence-electron chi connectivity index (χ1n) is 10.3. The van der Waals surface area contributed by atoms with Crippen LogP contribution in [0, 0.1) is 0 Å². The summed E-state index contributed by atoms with van der Waals surface area (Å²) < 4.78 is 11.7. The van der Waals surface area contributed by atoms with Gasteiger partial charge in [-0.25, -0.2) is 9.80 Å². The van der Waals surface area contributed by atoms with E-state index in [1.165, 1.54) is 17.9 Å². The summed E-state index contributed by atoms with van der Waals surface area (Å²) in [6.07, 6.45) is 4.86. The summed E-state index contributed by atoms with van der Waals surface area (Å²) in [6.45, 7) is 0. The van der Waals surface area contributed by atoms with Crippen LogP contribution < -0.4 is 14.8 Å². The first kappa shape index (κ1) is 22.9. The number of hydrazine groups is 1. The predicted octanol–water partition coefficient (Wildman–Crippen LogP) is 4.79. The highest BCUT2D eigenvalue weighted by molar-refractivity contribution is 6.01. The van der Waals surface area contributed by atoms with Crippen molar-refractivity contribution in [3.63, 3.8) is 0 Å². The van der Waals surface area contributed by atoms with Crippen molar-refractivity contribution in [1.29, 1.82) is 0 Å². The lowest BCUT2D eigenvalue weighted by Gasteiger charge is -2.27. The van der Waals surface area contributed by atoms with Crippen LogP contribution in [0.2, 0.25) is 0 Å². The number of rotatable bonds is 5. The van der Waals surface area contributed by atoms with Crippen molar-refractivity contribution in [3.8, 4) is 11.5 Å². The number of carbonyl (C=O) groups is 2. The maximum Gasteiger partial charge on any atom is 0.343 e. The van der Waals surface area contributed by atoms with E-state index in [1.54, 1.807) is 31.3 Å². The third-order valence-electron chi connectivity index (χ3n) is 5.76. The van der Waals surface area contributed by atoms with Crippen LogP contribution in [0.25, 0.3) is 0 Å². The predicted molar refractivity (Wildman–Crippen MR) is 121 cm³/mol. The second kappa shape index (κ2) is 10.0. The van der Waals surface area contributed by atoms with Crippen molar-refractivity contribution in [3.05, 3.63) is 54.1 Å². The number of hydrogen-bond donors (Lipinski definition) is 1. The van der Waals surface area contributed by atoms with Gasteiger partial charge in [-0.1, -0.05) is 24.3 Å². The van der Waals surface area contributed by atoms with Crippen molar-refractivity contribution in [2.45, 2.75) is 44.2 Å². The third kappa shape index (κ3) is 4.94. The molecule has 4 rings (SSSR count). The molecule has 0 bridgehead atoms. The fraction of sp³-hybridized carbons (Fsp3) is 0.391. The molecule has 1 heterocycles. The molecule has 1 saturated heterocycles. The van der Waals surface area contributed by atoms with Gasteiger partial charge in [0.1, 0.15) is 0 Å². The SMILES string of the molecule is COc1ccc(C2CC(=O)N(C(=O)Nc3ccccc3)N2C)cc1OC1CCCC1.Cl. The van der Waals surface area contributed by atoms with Crippen molar-refractivity contribution >= 4 is 30.0 Å². The molecule has 1 aliphatic heterocycles. The van der Waals surface area contributed by atoms with Crippen molar-refractivity contribution in [2.24, 2.45) is 0 Å². The zero-order valence-electron chi connectivity index (χ0n) is 17.7. The Morgan fingerprint density at radius 3 is 2.45 bits per heavy atom. The molecule has 1 atom stereocenters. The van der Waals surface area contributed by atoms with Gasteiger partial charge < -0.3 is 14.8 Å². The monoisotopic (exact) mass is 445 g/mol. The number of benzene rings is 2. The number of ether oxygens (including phenoxy) is 2. The normalized spacial score (nSPS) is 19.2. The summed E-state index contributed by atoms with van der Waals surface area (Å²) in [5, 5.41) is 5.62. The summed E-state index contributed by atoms with van der Waals surface area (Å²) in [7, 11) is 3.37. The highest BCUT2D eigenvalue weighted by Crippen LogP contribution is 2.38. The van der Waals surface area contributed by atoms with Gasteiger partial charge in [0.25, 0.3) is 0 Å². The standard InChI is InChI=1S/C23H27N3O4.ClH/c1-25-19(15-22(27)26(25)23(28)24-17-8-4-3-5-9-17)16-12-13-20(29-2)21(14-16)30-18-10-6-7-11-18;/h3-5,8-9,12-14,18-19H,6-7,10-11,15H2,1-2H3,(H,24,28);1H. The number of imide groups is 1. The van der Waals surface area contributed by atoms with Crippen LogP contribution in [0.15, 0.2) is 48.5 Å². The molecule has 1 N–H and O–H groups in total. The van der Waals surface area contributed by atoms with E-state index in [2.05, 4.69) is 5.32 Å². The molecule has 3 amide bonds. The topological polar surface area (TPSA) is 71.1 Å². The quantitative estimate of drug-likeness (QED) is 0.716. The molecule has 7 nitrogen and oxygen atoms in total. The van der Waals surface area contributed by atoms with Crippen molar-refractivity contribution < 1.29 is 19.1 Å². The second-order valence-corrected chi connectivity index (χ2v) is 7.73. The van der Waals surface area contributed by atoms with E-state index in [0.29, 0.717) is 17.2 Å². The number of nitrogens with zero attached hydrogens (tertiary/aromatic N) is 2. The lowest BCUT2D eigenvalue weighted by atomic mass is 10.0. The Balaban J connectivity index is 0.00000272. The number of carbonyl (C=O) groups excluding carboxylic acids is 2. The van der Waals surface area contributed by atoms with Crippen LogP contribution >= 0.6 is 12.4 Å². The van der Waals surface area contributed by atoms with E-state index in [0.717, 1.165) is 18.4 Å². The molecule has 2 aromatic rings. The Morgan fingerprint density at radius 2 is 1.77 bits per heavy atom. The number of halogens is 1. The molecule has 8 heteroatoms. The number of para-hydroxylation sites is 1. The van der Waals surface area contributed by atoms with Gasteiger partial charge in [0, 0.05) is 12.7 Å². The third-order valence-corrected chi connectivity index (χ3v) is 5.76. The number of hydrogen-bond acceptors (Lipinski definition) is 5. The molecule has 1 saturated carbocycles. The molecule has 166 valence electrons. The minimum Gasteiger partial charge on any atom is -0.493 e. The summed E-state index contributed by atoms with van der Waals surface area (Å²) >= 11 is 0. The number of amides is 3. The van der Waals surface area contributed by atoms with E-state index < -0.39 is 6.03 Å². The Morgan fingerprint density at radius 1 is 1.06 bits per heavy atom. The van der Waals surface area contributed by atoms with Crippen LogP contribution in [0.5, 0.6) is 11.5 Å². The summed E-state index contributed by atoms with van der Waals surface area (Å²) in [5.41, 5.74) is 1.55. The maximum absolute atomic E-state index is 12.7.